The Hall–Kier alpha value is -1.80. The average molecular weight is 356 g/mol. The summed E-state index contributed by atoms with van der Waals surface area (Å²) in [7, 11) is -0.435. The number of benzene rings is 1. The van der Waals surface area contributed by atoms with Crippen LogP contribution in [0.4, 0.5) is 0 Å². The van der Waals surface area contributed by atoms with Crippen LogP contribution in [-0.4, -0.2) is 52.6 Å². The van der Waals surface area contributed by atoms with Gasteiger partial charge in [-0.2, -0.15) is 0 Å². The van der Waals surface area contributed by atoms with E-state index in [1.807, 2.05) is 0 Å². The molecule has 24 heavy (non-hydrogen) atoms. The van der Waals surface area contributed by atoms with Crippen LogP contribution in [0.25, 0.3) is 0 Å². The Morgan fingerprint density at radius 1 is 1.25 bits per heavy atom. The summed E-state index contributed by atoms with van der Waals surface area (Å²) in [4.78, 5) is 12.7. The van der Waals surface area contributed by atoms with Crippen molar-refractivity contribution in [1.29, 1.82) is 0 Å². The number of nitrogens with one attached hydrogen (secondary N) is 2. The summed E-state index contributed by atoms with van der Waals surface area (Å²) in [6.07, 6.45) is 1.67. The molecule has 0 radical (unpaired) electrons. The third-order valence-corrected chi connectivity index (χ3v) is 6.47. The van der Waals surface area contributed by atoms with E-state index in [1.165, 1.54) is 7.11 Å². The van der Waals surface area contributed by atoms with E-state index in [4.69, 9.17) is 9.47 Å². The molecule has 0 unspecified atom stereocenters. The number of piperidine rings is 1. The van der Waals surface area contributed by atoms with Gasteiger partial charge in [0.15, 0.2) is 14.6 Å². The van der Waals surface area contributed by atoms with Crippen molar-refractivity contribution in [3.05, 3.63) is 23.8 Å². The molecule has 1 saturated heterocycles. The van der Waals surface area contributed by atoms with Crippen molar-refractivity contribution in [2.75, 3.05) is 33.6 Å². The number of rotatable bonds is 6. The smallest absolute Gasteiger partial charge is 0.241 e. The molecule has 0 spiro atoms. The molecule has 8 heteroatoms. The van der Waals surface area contributed by atoms with E-state index in [1.54, 1.807) is 25.3 Å². The molecule has 1 aromatic rings. The summed E-state index contributed by atoms with van der Waals surface area (Å²) in [6.45, 7) is 1.18. The lowest BCUT2D eigenvalue weighted by molar-refractivity contribution is -0.124. The molecule has 2 rings (SSSR count). The van der Waals surface area contributed by atoms with Crippen LogP contribution in [-0.2, 0) is 21.2 Å². The molecule has 1 heterocycles. The van der Waals surface area contributed by atoms with E-state index in [0.717, 1.165) is 11.8 Å². The summed E-state index contributed by atoms with van der Waals surface area (Å²) in [5.41, 5.74) is 0.725. The lowest BCUT2D eigenvalue weighted by atomic mass is 9.95. The van der Waals surface area contributed by atoms with Gasteiger partial charge < -0.3 is 20.1 Å². The molecule has 134 valence electrons. The fourth-order valence-electron chi connectivity index (χ4n) is 2.95. The maximum Gasteiger partial charge on any atom is 0.241 e. The van der Waals surface area contributed by atoms with Gasteiger partial charge in [-0.05, 0) is 44.1 Å². The predicted molar refractivity (Wildman–Crippen MR) is 91.1 cm³/mol. The highest BCUT2D eigenvalue weighted by molar-refractivity contribution is 7.92. The van der Waals surface area contributed by atoms with Crippen LogP contribution in [0.3, 0.4) is 0 Å². The van der Waals surface area contributed by atoms with E-state index in [0.29, 0.717) is 24.6 Å². The standard InChI is InChI=1S/C16H24N2O5S/c1-22-13-4-5-14(23-2)12(10-13)11-18-15(19)16(24(3,20)21)6-8-17-9-7-16/h4-5,10,17H,6-9,11H2,1-3H3,(H,18,19). The minimum Gasteiger partial charge on any atom is -0.497 e. The fraction of sp³-hybridized carbons (Fsp3) is 0.562. The quantitative estimate of drug-likeness (QED) is 0.770. The zero-order valence-corrected chi connectivity index (χ0v) is 15.0. The Bertz CT molecular complexity index is 696. The lowest BCUT2D eigenvalue weighted by Crippen LogP contribution is -2.57. The van der Waals surface area contributed by atoms with Gasteiger partial charge in [0.1, 0.15) is 11.5 Å². The fourth-order valence-corrected chi connectivity index (χ4v) is 4.31. The van der Waals surface area contributed by atoms with Crippen LogP contribution in [0.5, 0.6) is 11.5 Å². The van der Waals surface area contributed by atoms with Gasteiger partial charge in [0.05, 0.1) is 14.2 Å². The Morgan fingerprint density at radius 2 is 1.92 bits per heavy atom. The van der Waals surface area contributed by atoms with Crippen LogP contribution in [0.2, 0.25) is 0 Å². The number of hydrogen-bond acceptors (Lipinski definition) is 6. The first-order chi connectivity index (χ1) is 11.3. The molecular weight excluding hydrogens is 332 g/mol. The molecule has 0 bridgehead atoms. The molecule has 1 fully saturated rings. The zero-order chi connectivity index (χ0) is 17.8. The van der Waals surface area contributed by atoms with E-state index in [9.17, 15) is 13.2 Å². The Kier molecular flexibility index (Phi) is 5.71. The van der Waals surface area contributed by atoms with Crippen molar-refractivity contribution >= 4 is 15.7 Å². The largest absolute Gasteiger partial charge is 0.497 e. The number of sulfone groups is 1. The summed E-state index contributed by atoms with van der Waals surface area (Å²) in [5, 5.41) is 5.85. The van der Waals surface area contributed by atoms with Crippen LogP contribution in [0.15, 0.2) is 18.2 Å². The summed E-state index contributed by atoms with van der Waals surface area (Å²) >= 11 is 0. The lowest BCUT2D eigenvalue weighted by Gasteiger charge is -2.34. The number of carbonyl (C=O) groups excluding carboxylic acids is 1. The van der Waals surface area contributed by atoms with Crippen LogP contribution in [0.1, 0.15) is 18.4 Å². The van der Waals surface area contributed by atoms with E-state index >= 15 is 0 Å². The molecule has 0 aliphatic carbocycles. The second-order valence-corrected chi connectivity index (χ2v) is 8.20. The summed E-state index contributed by atoms with van der Waals surface area (Å²) in [6, 6.07) is 5.26. The topological polar surface area (TPSA) is 93.7 Å². The third kappa shape index (κ3) is 3.64. The average Bonchev–Trinajstić information content (AvgIpc) is 2.58. The highest BCUT2D eigenvalue weighted by atomic mass is 32.2. The van der Waals surface area contributed by atoms with E-state index < -0.39 is 20.5 Å². The number of carbonyl (C=O) groups is 1. The van der Waals surface area contributed by atoms with Gasteiger partial charge in [-0.1, -0.05) is 0 Å². The maximum atomic E-state index is 12.7. The van der Waals surface area contributed by atoms with Crippen molar-refractivity contribution in [2.45, 2.75) is 24.1 Å². The second kappa shape index (κ2) is 7.40. The van der Waals surface area contributed by atoms with Crippen LogP contribution in [0, 0.1) is 0 Å². The molecule has 0 saturated carbocycles. The predicted octanol–water partition coefficient (Wildman–Crippen LogP) is 0.487. The summed E-state index contributed by atoms with van der Waals surface area (Å²) < 4.78 is 33.6. The first-order valence-electron chi connectivity index (χ1n) is 7.73. The SMILES string of the molecule is COc1ccc(OC)c(CNC(=O)C2(S(C)(=O)=O)CCNCC2)c1. The van der Waals surface area contributed by atoms with Crippen LogP contribution >= 0.6 is 0 Å². The molecule has 7 nitrogen and oxygen atoms in total. The highest BCUT2D eigenvalue weighted by Gasteiger charge is 2.48. The Morgan fingerprint density at radius 3 is 2.46 bits per heavy atom. The minimum absolute atomic E-state index is 0.171. The van der Waals surface area contributed by atoms with Gasteiger partial charge >= 0.3 is 0 Å². The Labute approximate surface area is 142 Å². The van der Waals surface area contributed by atoms with Crippen molar-refractivity contribution in [3.63, 3.8) is 0 Å². The normalized spacial score (nSPS) is 17.1. The van der Waals surface area contributed by atoms with Crippen molar-refractivity contribution in [3.8, 4) is 11.5 Å². The van der Waals surface area contributed by atoms with Crippen LogP contribution < -0.4 is 20.1 Å². The first-order valence-corrected chi connectivity index (χ1v) is 9.63. The maximum absolute atomic E-state index is 12.7. The monoisotopic (exact) mass is 356 g/mol. The Balaban J connectivity index is 2.20. The molecular formula is C16H24N2O5S. The van der Waals surface area contributed by atoms with Gasteiger partial charge in [-0.15, -0.1) is 0 Å². The number of ether oxygens (including phenoxy) is 2. The summed E-state index contributed by atoms with van der Waals surface area (Å²) in [5.74, 6) is 0.783. The molecule has 1 aliphatic rings. The van der Waals surface area contributed by atoms with E-state index in [2.05, 4.69) is 10.6 Å². The van der Waals surface area contributed by atoms with Gasteiger partial charge in [-0.3, -0.25) is 4.79 Å². The molecule has 2 N–H and O–H groups in total. The van der Waals surface area contributed by atoms with Gasteiger partial charge in [0, 0.05) is 18.4 Å². The number of amides is 1. The van der Waals surface area contributed by atoms with E-state index in [-0.39, 0.29) is 19.4 Å². The zero-order valence-electron chi connectivity index (χ0n) is 14.2. The highest BCUT2D eigenvalue weighted by Crippen LogP contribution is 2.29. The van der Waals surface area contributed by atoms with Gasteiger partial charge in [0.2, 0.25) is 5.91 Å². The number of hydrogen-bond donors (Lipinski definition) is 2. The molecule has 0 aromatic heterocycles. The third-order valence-electron chi connectivity index (χ3n) is 4.46. The molecule has 0 atom stereocenters. The molecule has 1 aliphatic heterocycles. The van der Waals surface area contributed by atoms with Gasteiger partial charge in [0.25, 0.3) is 0 Å². The molecule has 1 amide bonds. The van der Waals surface area contributed by atoms with Gasteiger partial charge in [-0.25, -0.2) is 8.42 Å². The molecule has 1 aromatic carbocycles. The van der Waals surface area contributed by atoms with Crippen molar-refractivity contribution in [2.24, 2.45) is 0 Å². The minimum atomic E-state index is -3.53. The second-order valence-electron chi connectivity index (χ2n) is 5.88. The van der Waals surface area contributed by atoms with Crippen molar-refractivity contribution < 1.29 is 22.7 Å². The first kappa shape index (κ1) is 18.5. The van der Waals surface area contributed by atoms with Crippen molar-refractivity contribution in [1.82, 2.24) is 10.6 Å². The number of methoxy groups -OCH3 is 2.